The number of hydrogen-bond acceptors (Lipinski definition) is 4. The monoisotopic (exact) mass is 317 g/mol. The SMILES string of the molecule is COc1nc(C)cc(C)c1CNC(=O)[C@H]1CC(=O)N(C2CC2)C1. The average molecular weight is 317 g/mol. The maximum atomic E-state index is 12.4. The molecule has 0 unspecified atom stereocenters. The van der Waals surface area contributed by atoms with E-state index in [0.29, 0.717) is 31.4 Å². The highest BCUT2D eigenvalue weighted by Gasteiger charge is 2.41. The Morgan fingerprint density at radius 2 is 2.17 bits per heavy atom. The van der Waals surface area contributed by atoms with Crippen LogP contribution in [0.25, 0.3) is 0 Å². The van der Waals surface area contributed by atoms with Crippen LogP contribution in [-0.4, -0.2) is 41.4 Å². The molecule has 3 rings (SSSR count). The van der Waals surface area contributed by atoms with Crippen molar-refractivity contribution in [3.63, 3.8) is 0 Å². The maximum absolute atomic E-state index is 12.4. The van der Waals surface area contributed by atoms with Crippen LogP contribution in [0.2, 0.25) is 0 Å². The molecule has 2 amide bonds. The van der Waals surface area contributed by atoms with Crippen molar-refractivity contribution < 1.29 is 14.3 Å². The number of hydrogen-bond donors (Lipinski definition) is 1. The first-order chi connectivity index (χ1) is 11.0. The van der Waals surface area contributed by atoms with E-state index in [2.05, 4.69) is 10.3 Å². The van der Waals surface area contributed by atoms with Crippen molar-refractivity contribution in [1.82, 2.24) is 15.2 Å². The van der Waals surface area contributed by atoms with Gasteiger partial charge < -0.3 is 15.0 Å². The van der Waals surface area contributed by atoms with Gasteiger partial charge in [-0.05, 0) is 38.3 Å². The summed E-state index contributed by atoms with van der Waals surface area (Å²) in [6.45, 7) is 4.81. The van der Waals surface area contributed by atoms with Gasteiger partial charge in [-0.2, -0.15) is 0 Å². The zero-order valence-corrected chi connectivity index (χ0v) is 13.9. The Balaban J connectivity index is 1.62. The second kappa shape index (κ2) is 6.18. The number of aryl methyl sites for hydroxylation is 2. The highest BCUT2D eigenvalue weighted by atomic mass is 16.5. The lowest BCUT2D eigenvalue weighted by molar-refractivity contribution is -0.129. The fourth-order valence-electron chi connectivity index (χ4n) is 3.18. The van der Waals surface area contributed by atoms with Crippen LogP contribution >= 0.6 is 0 Å². The molecular weight excluding hydrogens is 294 g/mol. The van der Waals surface area contributed by atoms with Gasteiger partial charge in [0.1, 0.15) is 0 Å². The minimum absolute atomic E-state index is 0.0662. The average Bonchev–Trinajstić information content (AvgIpc) is 3.27. The van der Waals surface area contributed by atoms with E-state index in [9.17, 15) is 9.59 Å². The molecule has 23 heavy (non-hydrogen) atoms. The molecule has 2 heterocycles. The third-order valence-corrected chi connectivity index (χ3v) is 4.59. The molecule has 2 fully saturated rings. The Bertz CT molecular complexity index is 640. The lowest BCUT2D eigenvalue weighted by atomic mass is 10.1. The van der Waals surface area contributed by atoms with Gasteiger partial charge in [-0.3, -0.25) is 9.59 Å². The summed E-state index contributed by atoms with van der Waals surface area (Å²) in [5.41, 5.74) is 2.81. The molecule has 0 aromatic carbocycles. The number of carbonyl (C=O) groups is 2. The number of likely N-dealkylation sites (tertiary alicyclic amines) is 1. The van der Waals surface area contributed by atoms with E-state index in [1.165, 1.54) is 0 Å². The van der Waals surface area contributed by atoms with Crippen LogP contribution in [-0.2, 0) is 16.1 Å². The molecule has 2 aliphatic rings. The smallest absolute Gasteiger partial charge is 0.225 e. The van der Waals surface area contributed by atoms with Gasteiger partial charge in [0.15, 0.2) is 0 Å². The summed E-state index contributed by atoms with van der Waals surface area (Å²) in [6, 6.07) is 2.35. The van der Waals surface area contributed by atoms with E-state index in [1.54, 1.807) is 7.11 Å². The Labute approximate surface area is 136 Å². The predicted octanol–water partition coefficient (Wildman–Crippen LogP) is 1.33. The van der Waals surface area contributed by atoms with E-state index in [1.807, 2.05) is 24.8 Å². The molecular formula is C17H23N3O3. The van der Waals surface area contributed by atoms with Gasteiger partial charge in [0.05, 0.1) is 13.0 Å². The summed E-state index contributed by atoms with van der Waals surface area (Å²) in [6.07, 6.45) is 2.47. The molecule has 6 heteroatoms. The third-order valence-electron chi connectivity index (χ3n) is 4.59. The zero-order chi connectivity index (χ0) is 16.6. The van der Waals surface area contributed by atoms with Crippen molar-refractivity contribution in [3.8, 4) is 5.88 Å². The highest BCUT2D eigenvalue weighted by molar-refractivity contribution is 5.89. The third kappa shape index (κ3) is 3.30. The molecule has 1 atom stereocenters. The van der Waals surface area contributed by atoms with Gasteiger partial charge >= 0.3 is 0 Å². The summed E-state index contributed by atoms with van der Waals surface area (Å²) >= 11 is 0. The summed E-state index contributed by atoms with van der Waals surface area (Å²) < 4.78 is 5.31. The van der Waals surface area contributed by atoms with E-state index in [-0.39, 0.29) is 17.7 Å². The molecule has 6 nitrogen and oxygen atoms in total. The van der Waals surface area contributed by atoms with Gasteiger partial charge in [-0.15, -0.1) is 0 Å². The van der Waals surface area contributed by atoms with Crippen molar-refractivity contribution in [2.45, 2.75) is 45.7 Å². The number of rotatable bonds is 5. The molecule has 1 aromatic heterocycles. The van der Waals surface area contributed by atoms with E-state index < -0.39 is 0 Å². The molecule has 0 bridgehead atoms. The quantitative estimate of drug-likeness (QED) is 0.889. The first kappa shape index (κ1) is 15.8. The predicted molar refractivity (Wildman–Crippen MR) is 85.0 cm³/mol. The van der Waals surface area contributed by atoms with Crippen molar-refractivity contribution in [3.05, 3.63) is 22.9 Å². The summed E-state index contributed by atoms with van der Waals surface area (Å²) in [4.78, 5) is 30.5. The van der Waals surface area contributed by atoms with Crippen LogP contribution in [0.1, 0.15) is 36.1 Å². The van der Waals surface area contributed by atoms with Crippen molar-refractivity contribution in [1.29, 1.82) is 0 Å². The Morgan fingerprint density at radius 3 is 2.83 bits per heavy atom. The first-order valence-corrected chi connectivity index (χ1v) is 8.08. The van der Waals surface area contributed by atoms with Gasteiger partial charge in [0.2, 0.25) is 17.7 Å². The summed E-state index contributed by atoms with van der Waals surface area (Å²) in [7, 11) is 1.58. The normalized spacial score (nSPS) is 20.7. The fourth-order valence-corrected chi connectivity index (χ4v) is 3.18. The van der Waals surface area contributed by atoms with E-state index in [4.69, 9.17) is 4.74 Å². The van der Waals surface area contributed by atoms with Crippen molar-refractivity contribution in [2.24, 2.45) is 5.92 Å². The summed E-state index contributed by atoms with van der Waals surface area (Å²) in [5, 5.41) is 2.94. The molecule has 0 radical (unpaired) electrons. The van der Waals surface area contributed by atoms with Crippen LogP contribution in [0.4, 0.5) is 0 Å². The maximum Gasteiger partial charge on any atom is 0.225 e. The second-order valence-electron chi connectivity index (χ2n) is 6.46. The summed E-state index contributed by atoms with van der Waals surface area (Å²) in [5.74, 6) is 0.347. The number of methoxy groups -OCH3 is 1. The van der Waals surface area contributed by atoms with Crippen LogP contribution in [0.15, 0.2) is 6.07 Å². The molecule has 1 saturated carbocycles. The molecule has 1 aliphatic heterocycles. The van der Waals surface area contributed by atoms with Crippen molar-refractivity contribution >= 4 is 11.8 Å². The number of nitrogens with zero attached hydrogens (tertiary/aromatic N) is 2. The highest BCUT2D eigenvalue weighted by Crippen LogP contribution is 2.32. The zero-order valence-electron chi connectivity index (χ0n) is 13.9. The lowest BCUT2D eigenvalue weighted by Gasteiger charge is -2.16. The number of carbonyl (C=O) groups excluding carboxylic acids is 2. The largest absolute Gasteiger partial charge is 0.481 e. The van der Waals surface area contributed by atoms with E-state index in [0.717, 1.165) is 29.7 Å². The molecule has 1 aliphatic carbocycles. The number of amides is 2. The molecule has 1 N–H and O–H groups in total. The van der Waals surface area contributed by atoms with Gasteiger partial charge in [0.25, 0.3) is 0 Å². The second-order valence-corrected chi connectivity index (χ2v) is 6.46. The number of aromatic nitrogens is 1. The van der Waals surface area contributed by atoms with Gasteiger partial charge in [-0.1, -0.05) is 0 Å². The van der Waals surface area contributed by atoms with Crippen LogP contribution < -0.4 is 10.1 Å². The molecule has 1 saturated heterocycles. The van der Waals surface area contributed by atoms with Crippen molar-refractivity contribution in [2.75, 3.05) is 13.7 Å². The minimum Gasteiger partial charge on any atom is -0.481 e. The Morgan fingerprint density at radius 1 is 1.43 bits per heavy atom. The van der Waals surface area contributed by atoms with E-state index >= 15 is 0 Å². The van der Waals surface area contributed by atoms with Gasteiger partial charge in [0, 0.05) is 36.8 Å². The standard InChI is InChI=1S/C17H23N3O3/c1-10-6-11(2)19-17(23-3)14(10)8-18-16(22)12-7-15(21)20(9-12)13-4-5-13/h6,12-13H,4-5,7-9H2,1-3H3,(H,18,22)/t12-/m0/s1. The molecule has 0 spiro atoms. The van der Waals surface area contributed by atoms with Gasteiger partial charge in [-0.25, -0.2) is 4.98 Å². The number of pyridine rings is 1. The molecule has 1 aromatic rings. The van der Waals surface area contributed by atoms with Crippen LogP contribution in [0, 0.1) is 19.8 Å². The van der Waals surface area contributed by atoms with Crippen LogP contribution in [0.3, 0.4) is 0 Å². The van der Waals surface area contributed by atoms with Crippen LogP contribution in [0.5, 0.6) is 5.88 Å². The number of ether oxygens (including phenoxy) is 1. The first-order valence-electron chi connectivity index (χ1n) is 8.08. The fraction of sp³-hybridized carbons (Fsp3) is 0.588. The minimum atomic E-state index is -0.243. The topological polar surface area (TPSA) is 71.5 Å². The Hall–Kier alpha value is -2.11. The molecule has 124 valence electrons. The number of nitrogens with one attached hydrogen (secondary N) is 1. The Kier molecular flexibility index (Phi) is 4.24. The lowest BCUT2D eigenvalue weighted by Crippen LogP contribution is -2.33.